The van der Waals surface area contributed by atoms with E-state index in [-0.39, 0.29) is 5.91 Å². The zero-order valence-electron chi connectivity index (χ0n) is 11.5. The van der Waals surface area contributed by atoms with Gasteiger partial charge in [0.2, 0.25) is 5.91 Å². The van der Waals surface area contributed by atoms with E-state index in [0.29, 0.717) is 6.04 Å². The molecule has 0 aliphatic carbocycles. The molecular weight excluding hydrogens is 240 g/mol. The van der Waals surface area contributed by atoms with Gasteiger partial charge in [-0.05, 0) is 43.5 Å². The van der Waals surface area contributed by atoms with E-state index in [9.17, 15) is 9.59 Å². The number of carbonyl (C=O) groups excluding carboxylic acids is 2. The van der Waals surface area contributed by atoms with Gasteiger partial charge < -0.3 is 10.2 Å². The van der Waals surface area contributed by atoms with Gasteiger partial charge in [0.15, 0.2) is 0 Å². The first-order valence-electron chi connectivity index (χ1n) is 6.68. The third-order valence-electron chi connectivity index (χ3n) is 3.65. The number of nitrogens with one attached hydrogen (secondary N) is 1. The number of benzene rings is 1. The van der Waals surface area contributed by atoms with Crippen molar-refractivity contribution in [1.82, 2.24) is 5.32 Å². The van der Waals surface area contributed by atoms with Gasteiger partial charge in [-0.2, -0.15) is 0 Å². The maximum atomic E-state index is 11.0. The summed E-state index contributed by atoms with van der Waals surface area (Å²) in [5.74, 6) is 0.0460. The van der Waals surface area contributed by atoms with Crippen molar-refractivity contribution >= 4 is 17.9 Å². The maximum Gasteiger partial charge on any atom is 0.217 e. The van der Waals surface area contributed by atoms with Gasteiger partial charge in [-0.1, -0.05) is 0 Å². The fourth-order valence-electron chi connectivity index (χ4n) is 2.56. The van der Waals surface area contributed by atoms with E-state index < -0.39 is 0 Å². The third kappa shape index (κ3) is 3.34. The Morgan fingerprint density at radius 3 is 2.58 bits per heavy atom. The minimum absolute atomic E-state index is 0.0460. The van der Waals surface area contributed by atoms with Gasteiger partial charge in [0.1, 0.15) is 6.29 Å². The van der Waals surface area contributed by atoms with Crippen LogP contribution < -0.4 is 10.2 Å². The molecule has 0 bridgehead atoms. The molecule has 0 unspecified atom stereocenters. The van der Waals surface area contributed by atoms with Gasteiger partial charge in [-0.3, -0.25) is 9.59 Å². The van der Waals surface area contributed by atoms with Gasteiger partial charge in [-0.15, -0.1) is 0 Å². The zero-order valence-corrected chi connectivity index (χ0v) is 11.5. The van der Waals surface area contributed by atoms with E-state index >= 15 is 0 Å². The average Bonchev–Trinajstić information content (AvgIpc) is 2.39. The van der Waals surface area contributed by atoms with E-state index in [0.717, 1.165) is 49.0 Å². The smallest absolute Gasteiger partial charge is 0.217 e. The van der Waals surface area contributed by atoms with Crippen LogP contribution in [0.4, 0.5) is 5.69 Å². The predicted molar refractivity (Wildman–Crippen MR) is 75.6 cm³/mol. The van der Waals surface area contributed by atoms with E-state index in [1.54, 1.807) is 6.92 Å². The number of hydrogen-bond donors (Lipinski definition) is 1. The predicted octanol–water partition coefficient (Wildman–Crippen LogP) is 1.91. The number of aldehydes is 1. The number of anilines is 1. The molecule has 0 spiro atoms. The summed E-state index contributed by atoms with van der Waals surface area (Å²) in [5.41, 5.74) is 2.91. The molecule has 19 heavy (non-hydrogen) atoms. The lowest BCUT2D eigenvalue weighted by Gasteiger charge is -2.34. The number of nitrogens with zero attached hydrogens (tertiary/aromatic N) is 1. The average molecular weight is 260 g/mol. The van der Waals surface area contributed by atoms with E-state index in [1.807, 2.05) is 19.1 Å². The Bertz CT molecular complexity index is 477. The molecule has 0 saturated carbocycles. The number of piperidine rings is 1. The second-order valence-corrected chi connectivity index (χ2v) is 5.12. The highest BCUT2D eigenvalue weighted by Crippen LogP contribution is 2.22. The summed E-state index contributed by atoms with van der Waals surface area (Å²) in [4.78, 5) is 24.1. The Hall–Kier alpha value is -1.84. The Morgan fingerprint density at radius 2 is 2.05 bits per heavy atom. The Labute approximate surface area is 113 Å². The summed E-state index contributed by atoms with van der Waals surface area (Å²) in [7, 11) is 0. The van der Waals surface area contributed by atoms with E-state index in [2.05, 4.69) is 16.3 Å². The van der Waals surface area contributed by atoms with Crippen LogP contribution in [-0.2, 0) is 4.79 Å². The lowest BCUT2D eigenvalue weighted by atomic mass is 10.0. The van der Waals surface area contributed by atoms with Crippen LogP contribution in [0.2, 0.25) is 0 Å². The highest BCUT2D eigenvalue weighted by atomic mass is 16.1. The first-order chi connectivity index (χ1) is 9.10. The maximum absolute atomic E-state index is 11.0. The molecule has 4 heteroatoms. The van der Waals surface area contributed by atoms with Crippen molar-refractivity contribution in [1.29, 1.82) is 0 Å². The molecular formula is C15H20N2O2. The molecule has 2 rings (SSSR count). The summed E-state index contributed by atoms with van der Waals surface area (Å²) >= 11 is 0. The van der Waals surface area contributed by atoms with Crippen LogP contribution in [0.15, 0.2) is 18.2 Å². The summed E-state index contributed by atoms with van der Waals surface area (Å²) in [5, 5.41) is 2.97. The quantitative estimate of drug-likeness (QED) is 0.845. The number of rotatable bonds is 3. The molecule has 102 valence electrons. The van der Waals surface area contributed by atoms with E-state index in [4.69, 9.17) is 0 Å². The fourth-order valence-corrected chi connectivity index (χ4v) is 2.56. The number of carbonyl (C=O) groups is 2. The van der Waals surface area contributed by atoms with Gasteiger partial charge in [0.05, 0.1) is 0 Å². The largest absolute Gasteiger partial charge is 0.371 e. The van der Waals surface area contributed by atoms with Crippen LogP contribution in [0, 0.1) is 6.92 Å². The second-order valence-electron chi connectivity index (χ2n) is 5.12. The first kappa shape index (κ1) is 13.6. The molecule has 1 aromatic carbocycles. The Balaban J connectivity index is 1.99. The summed E-state index contributed by atoms with van der Waals surface area (Å²) in [6, 6.07) is 6.22. The van der Waals surface area contributed by atoms with Gasteiger partial charge in [0.25, 0.3) is 0 Å². The fraction of sp³-hybridized carbons (Fsp3) is 0.467. The highest BCUT2D eigenvalue weighted by molar-refractivity contribution is 5.78. The lowest BCUT2D eigenvalue weighted by Crippen LogP contribution is -2.44. The molecule has 1 aliphatic heterocycles. The monoisotopic (exact) mass is 260 g/mol. The van der Waals surface area contributed by atoms with Gasteiger partial charge >= 0.3 is 0 Å². The number of aryl methyl sites for hydroxylation is 1. The van der Waals surface area contributed by atoms with Crippen LogP contribution in [0.1, 0.15) is 35.7 Å². The standard InChI is InChI=1S/C15H20N2O2/c1-11-9-15(4-3-13(11)10-18)17-7-5-14(6-8-17)16-12(2)19/h3-4,9-10,14H,5-8H2,1-2H3,(H,16,19). The number of hydrogen-bond acceptors (Lipinski definition) is 3. The first-order valence-corrected chi connectivity index (χ1v) is 6.68. The molecule has 1 heterocycles. The molecule has 0 radical (unpaired) electrons. The Kier molecular flexibility index (Phi) is 4.20. The van der Waals surface area contributed by atoms with Crippen molar-refractivity contribution in [2.24, 2.45) is 0 Å². The van der Waals surface area contributed by atoms with Crippen LogP contribution >= 0.6 is 0 Å². The third-order valence-corrected chi connectivity index (χ3v) is 3.65. The van der Waals surface area contributed by atoms with Crippen molar-refractivity contribution in [3.05, 3.63) is 29.3 Å². The summed E-state index contributed by atoms with van der Waals surface area (Å²) < 4.78 is 0. The summed E-state index contributed by atoms with van der Waals surface area (Å²) in [6.45, 7) is 5.39. The molecule has 1 aromatic rings. The SMILES string of the molecule is CC(=O)NC1CCN(c2ccc(C=O)c(C)c2)CC1. The van der Waals surface area contributed by atoms with Gasteiger partial charge in [-0.25, -0.2) is 0 Å². The molecule has 1 fully saturated rings. The zero-order chi connectivity index (χ0) is 13.8. The van der Waals surface area contributed by atoms with Crippen LogP contribution in [-0.4, -0.2) is 31.3 Å². The number of amides is 1. The second kappa shape index (κ2) is 5.87. The van der Waals surface area contributed by atoms with Crippen molar-refractivity contribution in [2.45, 2.75) is 32.7 Å². The minimum Gasteiger partial charge on any atom is -0.371 e. The molecule has 1 aliphatic rings. The minimum atomic E-state index is 0.0460. The van der Waals surface area contributed by atoms with Crippen LogP contribution in [0.5, 0.6) is 0 Å². The molecule has 1 N–H and O–H groups in total. The molecule has 1 amide bonds. The molecule has 4 nitrogen and oxygen atoms in total. The molecule has 1 saturated heterocycles. The molecule has 0 aromatic heterocycles. The summed E-state index contributed by atoms with van der Waals surface area (Å²) in [6.07, 6.45) is 2.82. The van der Waals surface area contributed by atoms with Crippen LogP contribution in [0.3, 0.4) is 0 Å². The van der Waals surface area contributed by atoms with Crippen molar-refractivity contribution < 1.29 is 9.59 Å². The van der Waals surface area contributed by atoms with Crippen molar-refractivity contribution in [2.75, 3.05) is 18.0 Å². The lowest BCUT2D eigenvalue weighted by molar-refractivity contribution is -0.119. The Morgan fingerprint density at radius 1 is 1.37 bits per heavy atom. The van der Waals surface area contributed by atoms with E-state index in [1.165, 1.54) is 0 Å². The highest BCUT2D eigenvalue weighted by Gasteiger charge is 2.20. The van der Waals surface area contributed by atoms with Crippen LogP contribution in [0.25, 0.3) is 0 Å². The van der Waals surface area contributed by atoms with Gasteiger partial charge in [0, 0.05) is 37.3 Å². The normalized spacial score (nSPS) is 16.2. The molecule has 0 atom stereocenters. The van der Waals surface area contributed by atoms with Crippen molar-refractivity contribution in [3.8, 4) is 0 Å². The topological polar surface area (TPSA) is 49.4 Å². The van der Waals surface area contributed by atoms with Crippen molar-refractivity contribution in [3.63, 3.8) is 0 Å².